The number of nitrogens with two attached hydrogens (primary N) is 1. The fraction of sp³-hybridized carbons (Fsp3) is 0.0667. The summed E-state index contributed by atoms with van der Waals surface area (Å²) in [5, 5.41) is 7.29. The van der Waals surface area contributed by atoms with Gasteiger partial charge >= 0.3 is 0 Å². The predicted octanol–water partition coefficient (Wildman–Crippen LogP) is 3.76. The minimum absolute atomic E-state index is 0.664. The smallest absolute Gasteiger partial charge is 0.141 e. The van der Waals surface area contributed by atoms with Crippen molar-refractivity contribution in [3.05, 3.63) is 47.2 Å². The van der Waals surface area contributed by atoms with E-state index in [0.717, 1.165) is 32.6 Å². The highest BCUT2D eigenvalue weighted by Crippen LogP contribution is 2.30. The number of fused-ring (bicyclic) bond motifs is 1. The van der Waals surface area contributed by atoms with Crippen molar-refractivity contribution in [2.24, 2.45) is 0 Å². The molecular weight excluding hydrogens is 330 g/mol. The Kier molecular flexibility index (Phi) is 3.62. The number of nitrogens with one attached hydrogen (secondary N) is 2. The van der Waals surface area contributed by atoms with Gasteiger partial charge in [-0.2, -0.15) is 0 Å². The molecule has 2 aromatic carbocycles. The van der Waals surface area contributed by atoms with Crippen LogP contribution in [0, 0.1) is 0 Å². The van der Waals surface area contributed by atoms with E-state index in [-0.39, 0.29) is 0 Å². The van der Waals surface area contributed by atoms with E-state index in [1.807, 2.05) is 43.4 Å². The average Bonchev–Trinajstić information content (AvgIpc) is 2.47. The molecule has 0 aliphatic heterocycles. The van der Waals surface area contributed by atoms with Gasteiger partial charge in [-0.15, -0.1) is 0 Å². The maximum atomic E-state index is 5.97. The predicted molar refractivity (Wildman–Crippen MR) is 90.9 cm³/mol. The van der Waals surface area contributed by atoms with Gasteiger partial charge in [-0.1, -0.05) is 22.0 Å². The zero-order valence-corrected chi connectivity index (χ0v) is 13.0. The Morgan fingerprint density at radius 1 is 1.14 bits per heavy atom. The summed E-state index contributed by atoms with van der Waals surface area (Å²) in [5.41, 5.74) is 9.25. The number of benzene rings is 2. The van der Waals surface area contributed by atoms with E-state index >= 15 is 0 Å². The van der Waals surface area contributed by atoms with Crippen LogP contribution in [0.1, 0.15) is 0 Å². The van der Waals surface area contributed by atoms with Crippen molar-refractivity contribution in [3.8, 4) is 0 Å². The molecule has 0 amide bonds. The zero-order chi connectivity index (χ0) is 14.8. The highest BCUT2D eigenvalue weighted by Gasteiger charge is 2.08. The van der Waals surface area contributed by atoms with Crippen LogP contribution < -0.4 is 16.4 Å². The first-order valence-corrected chi connectivity index (χ1v) is 7.21. The standard InChI is InChI=1S/C15H14BrN5/c1-18-14-6-11-13(7-12(14)17)19-8-20-15(11)21-10-4-2-3-9(16)5-10/h2-8,18H,17H2,1H3,(H,19,20,21). The van der Waals surface area contributed by atoms with Crippen molar-refractivity contribution in [2.45, 2.75) is 0 Å². The number of rotatable bonds is 3. The molecule has 0 fully saturated rings. The van der Waals surface area contributed by atoms with Crippen LogP contribution in [0.3, 0.4) is 0 Å². The summed E-state index contributed by atoms with van der Waals surface area (Å²) in [6.07, 6.45) is 1.53. The topological polar surface area (TPSA) is 75.9 Å². The molecule has 0 spiro atoms. The number of aromatic nitrogens is 2. The lowest BCUT2D eigenvalue weighted by molar-refractivity contribution is 1.22. The molecule has 3 rings (SSSR count). The summed E-state index contributed by atoms with van der Waals surface area (Å²) in [5.74, 6) is 0.745. The third-order valence-electron chi connectivity index (χ3n) is 3.16. The number of hydrogen-bond donors (Lipinski definition) is 3. The Morgan fingerprint density at radius 3 is 2.76 bits per heavy atom. The molecule has 4 N–H and O–H groups in total. The second-order valence-corrected chi connectivity index (χ2v) is 5.48. The second kappa shape index (κ2) is 5.57. The number of anilines is 4. The van der Waals surface area contributed by atoms with Crippen molar-refractivity contribution in [1.29, 1.82) is 0 Å². The summed E-state index contributed by atoms with van der Waals surface area (Å²) >= 11 is 3.46. The van der Waals surface area contributed by atoms with E-state index in [2.05, 4.69) is 36.5 Å². The normalized spacial score (nSPS) is 10.6. The molecule has 1 aromatic heterocycles. The van der Waals surface area contributed by atoms with Crippen molar-refractivity contribution < 1.29 is 0 Å². The molecular formula is C15H14BrN5. The van der Waals surface area contributed by atoms with E-state index < -0.39 is 0 Å². The second-order valence-electron chi connectivity index (χ2n) is 4.56. The fourth-order valence-electron chi connectivity index (χ4n) is 2.14. The molecule has 6 heteroatoms. The van der Waals surface area contributed by atoms with E-state index in [1.54, 1.807) is 0 Å². The Hall–Kier alpha value is -2.34. The van der Waals surface area contributed by atoms with Gasteiger partial charge < -0.3 is 16.4 Å². The zero-order valence-electron chi connectivity index (χ0n) is 11.4. The Balaban J connectivity index is 2.09. The van der Waals surface area contributed by atoms with Crippen LogP contribution in [-0.2, 0) is 0 Å². The minimum atomic E-state index is 0.664. The quantitative estimate of drug-likeness (QED) is 0.631. The molecule has 0 aliphatic rings. The number of halogens is 1. The first-order chi connectivity index (χ1) is 10.2. The third-order valence-corrected chi connectivity index (χ3v) is 3.66. The van der Waals surface area contributed by atoms with Crippen LogP contribution in [-0.4, -0.2) is 17.0 Å². The van der Waals surface area contributed by atoms with Crippen molar-refractivity contribution in [2.75, 3.05) is 23.4 Å². The summed E-state index contributed by atoms with van der Waals surface area (Å²) in [6, 6.07) is 11.7. The minimum Gasteiger partial charge on any atom is -0.397 e. The van der Waals surface area contributed by atoms with E-state index in [9.17, 15) is 0 Å². The third kappa shape index (κ3) is 2.75. The monoisotopic (exact) mass is 343 g/mol. The summed E-state index contributed by atoms with van der Waals surface area (Å²) in [4.78, 5) is 8.60. The Labute approximate surface area is 130 Å². The van der Waals surface area contributed by atoms with Crippen LogP contribution in [0.5, 0.6) is 0 Å². The van der Waals surface area contributed by atoms with E-state index in [4.69, 9.17) is 5.73 Å². The maximum absolute atomic E-state index is 5.97. The van der Waals surface area contributed by atoms with Gasteiger partial charge in [0.2, 0.25) is 0 Å². The summed E-state index contributed by atoms with van der Waals surface area (Å²) in [6.45, 7) is 0. The van der Waals surface area contributed by atoms with Gasteiger partial charge in [0, 0.05) is 22.6 Å². The fourth-order valence-corrected chi connectivity index (χ4v) is 2.54. The lowest BCUT2D eigenvalue weighted by Gasteiger charge is -2.11. The lowest BCUT2D eigenvalue weighted by Crippen LogP contribution is -1.99. The molecule has 0 saturated carbocycles. The van der Waals surface area contributed by atoms with Crippen LogP contribution in [0.4, 0.5) is 22.9 Å². The molecule has 0 unspecified atom stereocenters. The molecule has 0 bridgehead atoms. The molecule has 5 nitrogen and oxygen atoms in total. The molecule has 3 aromatic rings. The van der Waals surface area contributed by atoms with Gasteiger partial charge in [-0.3, -0.25) is 0 Å². The number of nitrogens with zero attached hydrogens (tertiary/aromatic N) is 2. The lowest BCUT2D eigenvalue weighted by atomic mass is 10.1. The van der Waals surface area contributed by atoms with Gasteiger partial charge in [0.25, 0.3) is 0 Å². The van der Waals surface area contributed by atoms with Crippen LogP contribution >= 0.6 is 15.9 Å². The van der Waals surface area contributed by atoms with Crippen molar-refractivity contribution in [1.82, 2.24) is 9.97 Å². The average molecular weight is 344 g/mol. The molecule has 0 saturated heterocycles. The largest absolute Gasteiger partial charge is 0.397 e. The highest BCUT2D eigenvalue weighted by molar-refractivity contribution is 9.10. The maximum Gasteiger partial charge on any atom is 0.141 e. The van der Waals surface area contributed by atoms with Crippen molar-refractivity contribution >= 4 is 49.7 Å². The number of hydrogen-bond acceptors (Lipinski definition) is 5. The molecule has 0 atom stereocenters. The van der Waals surface area contributed by atoms with Crippen LogP contribution in [0.15, 0.2) is 47.2 Å². The molecule has 0 radical (unpaired) electrons. The molecule has 21 heavy (non-hydrogen) atoms. The van der Waals surface area contributed by atoms with Gasteiger partial charge in [0.15, 0.2) is 0 Å². The van der Waals surface area contributed by atoms with E-state index in [1.165, 1.54) is 6.33 Å². The highest BCUT2D eigenvalue weighted by atomic mass is 79.9. The Morgan fingerprint density at radius 2 is 2.00 bits per heavy atom. The van der Waals surface area contributed by atoms with E-state index in [0.29, 0.717) is 5.69 Å². The van der Waals surface area contributed by atoms with Gasteiger partial charge in [-0.25, -0.2) is 9.97 Å². The Bertz CT molecular complexity index is 803. The molecule has 0 aliphatic carbocycles. The first kappa shape index (κ1) is 13.6. The van der Waals surface area contributed by atoms with Crippen LogP contribution in [0.25, 0.3) is 10.9 Å². The van der Waals surface area contributed by atoms with Crippen LogP contribution in [0.2, 0.25) is 0 Å². The number of nitrogen functional groups attached to an aromatic ring is 1. The van der Waals surface area contributed by atoms with Gasteiger partial charge in [-0.05, 0) is 30.3 Å². The SMILES string of the molecule is CNc1cc2c(Nc3cccc(Br)c3)ncnc2cc1N. The summed E-state index contributed by atoms with van der Waals surface area (Å²) in [7, 11) is 1.84. The molecule has 1 heterocycles. The molecule has 106 valence electrons. The first-order valence-electron chi connectivity index (χ1n) is 6.42. The summed E-state index contributed by atoms with van der Waals surface area (Å²) < 4.78 is 1.01. The van der Waals surface area contributed by atoms with Gasteiger partial charge in [0.1, 0.15) is 12.1 Å². The van der Waals surface area contributed by atoms with Crippen molar-refractivity contribution in [3.63, 3.8) is 0 Å². The van der Waals surface area contributed by atoms with Gasteiger partial charge in [0.05, 0.1) is 16.9 Å².